The molecule has 8 nitrogen and oxygen atoms in total. The average molecular weight is 385 g/mol. The fourth-order valence-electron chi connectivity index (χ4n) is 3.31. The molecule has 0 bridgehead atoms. The van der Waals surface area contributed by atoms with Crippen molar-refractivity contribution in [3.8, 4) is 11.4 Å². The van der Waals surface area contributed by atoms with Crippen molar-refractivity contribution in [1.82, 2.24) is 29.7 Å². The fraction of sp³-hybridized carbons (Fsp3) is 0.143. The van der Waals surface area contributed by atoms with Gasteiger partial charge in [0.05, 0.1) is 30.7 Å². The minimum atomic E-state index is 0.574. The molecule has 0 unspecified atom stereocenters. The van der Waals surface area contributed by atoms with Crippen LogP contribution in [0.3, 0.4) is 0 Å². The summed E-state index contributed by atoms with van der Waals surface area (Å²) in [6.45, 7) is 0.715. The van der Waals surface area contributed by atoms with Crippen molar-refractivity contribution in [2.24, 2.45) is 0 Å². The number of imidazole rings is 1. The summed E-state index contributed by atoms with van der Waals surface area (Å²) in [5.41, 5.74) is 4.62. The third-order valence-corrected chi connectivity index (χ3v) is 4.83. The number of nitrogens with one attached hydrogen (secondary N) is 2. The zero-order chi connectivity index (χ0) is 19.6. The highest BCUT2D eigenvalue weighted by molar-refractivity contribution is 5.81. The molecule has 2 aromatic carbocycles. The monoisotopic (exact) mass is 385 g/mol. The SMILES string of the molecule is COc1cccc(CCNc2ncc3ncn(-c4ccc5cn[nH]c5c4)c3n2)c1. The highest BCUT2D eigenvalue weighted by Gasteiger charge is 2.09. The van der Waals surface area contributed by atoms with Crippen LogP contribution in [0, 0.1) is 0 Å². The second-order valence-electron chi connectivity index (χ2n) is 6.69. The zero-order valence-corrected chi connectivity index (χ0v) is 15.8. The Labute approximate surface area is 166 Å². The predicted molar refractivity (Wildman–Crippen MR) is 111 cm³/mol. The summed E-state index contributed by atoms with van der Waals surface area (Å²) in [6, 6.07) is 14.1. The number of ether oxygens (including phenoxy) is 1. The maximum absolute atomic E-state index is 5.27. The predicted octanol–water partition coefficient (Wildman–Crippen LogP) is 3.36. The van der Waals surface area contributed by atoms with Gasteiger partial charge in [-0.25, -0.2) is 9.97 Å². The van der Waals surface area contributed by atoms with Gasteiger partial charge in [-0.15, -0.1) is 0 Å². The number of benzene rings is 2. The number of nitrogens with zero attached hydrogens (tertiary/aromatic N) is 5. The summed E-state index contributed by atoms with van der Waals surface area (Å²) >= 11 is 0. The highest BCUT2D eigenvalue weighted by atomic mass is 16.5. The third-order valence-electron chi connectivity index (χ3n) is 4.83. The Morgan fingerprint density at radius 3 is 3.00 bits per heavy atom. The molecular formula is C21H19N7O. The average Bonchev–Trinajstić information content (AvgIpc) is 3.40. The smallest absolute Gasteiger partial charge is 0.224 e. The second-order valence-corrected chi connectivity index (χ2v) is 6.69. The van der Waals surface area contributed by atoms with Crippen LogP contribution in [-0.4, -0.2) is 43.4 Å². The molecule has 3 aromatic heterocycles. The maximum atomic E-state index is 5.27. The van der Waals surface area contributed by atoms with E-state index in [-0.39, 0.29) is 0 Å². The van der Waals surface area contributed by atoms with E-state index in [4.69, 9.17) is 4.74 Å². The molecule has 0 fully saturated rings. The van der Waals surface area contributed by atoms with Gasteiger partial charge in [-0.05, 0) is 42.3 Å². The fourth-order valence-corrected chi connectivity index (χ4v) is 3.31. The van der Waals surface area contributed by atoms with Crippen molar-refractivity contribution in [3.05, 3.63) is 66.7 Å². The van der Waals surface area contributed by atoms with E-state index in [1.165, 1.54) is 5.56 Å². The van der Waals surface area contributed by atoms with Gasteiger partial charge in [0, 0.05) is 11.9 Å². The molecular weight excluding hydrogens is 366 g/mol. The van der Waals surface area contributed by atoms with E-state index in [0.29, 0.717) is 12.5 Å². The van der Waals surface area contributed by atoms with Crippen LogP contribution < -0.4 is 10.1 Å². The standard InChI is InChI=1S/C21H19N7O/c1-29-17-4-2-3-14(9-17)7-8-22-21-23-12-19-20(26-21)28(13-24-19)16-6-5-15-11-25-27-18(15)10-16/h2-6,9-13H,7-8H2,1H3,(H,25,27)(H,22,23,26). The van der Waals surface area contributed by atoms with Gasteiger partial charge in [0.25, 0.3) is 0 Å². The Balaban J connectivity index is 1.37. The molecule has 5 aromatic rings. The van der Waals surface area contributed by atoms with E-state index in [1.807, 2.05) is 41.0 Å². The maximum Gasteiger partial charge on any atom is 0.224 e. The number of anilines is 1. The molecule has 0 amide bonds. The molecule has 5 rings (SSSR count). The van der Waals surface area contributed by atoms with Gasteiger partial charge in [-0.3, -0.25) is 9.67 Å². The minimum Gasteiger partial charge on any atom is -0.497 e. The Morgan fingerprint density at radius 1 is 1.10 bits per heavy atom. The molecule has 144 valence electrons. The lowest BCUT2D eigenvalue weighted by atomic mass is 10.1. The molecule has 0 aliphatic carbocycles. The highest BCUT2D eigenvalue weighted by Crippen LogP contribution is 2.20. The van der Waals surface area contributed by atoms with E-state index in [9.17, 15) is 0 Å². The molecule has 0 spiro atoms. The van der Waals surface area contributed by atoms with Gasteiger partial charge in [-0.2, -0.15) is 10.1 Å². The summed E-state index contributed by atoms with van der Waals surface area (Å²) in [6.07, 6.45) is 6.14. The Kier molecular flexibility index (Phi) is 4.28. The van der Waals surface area contributed by atoms with Crippen LogP contribution in [0.25, 0.3) is 27.8 Å². The Hall–Kier alpha value is -3.94. The summed E-state index contributed by atoms with van der Waals surface area (Å²) in [4.78, 5) is 13.5. The summed E-state index contributed by atoms with van der Waals surface area (Å²) in [5, 5.41) is 11.4. The van der Waals surface area contributed by atoms with Gasteiger partial charge in [0.1, 0.15) is 17.6 Å². The van der Waals surface area contributed by atoms with Gasteiger partial charge in [0.15, 0.2) is 5.65 Å². The number of H-pyrrole nitrogens is 1. The molecule has 0 saturated heterocycles. The molecule has 0 saturated carbocycles. The number of hydrogen-bond acceptors (Lipinski definition) is 6. The van der Waals surface area contributed by atoms with Crippen molar-refractivity contribution in [3.63, 3.8) is 0 Å². The van der Waals surface area contributed by atoms with Crippen LogP contribution in [0.15, 0.2) is 61.2 Å². The molecule has 0 aliphatic heterocycles. The van der Waals surface area contributed by atoms with E-state index in [1.54, 1.807) is 25.8 Å². The molecule has 0 aliphatic rings. The Morgan fingerprint density at radius 2 is 2.07 bits per heavy atom. The number of aromatic amines is 1. The van der Waals surface area contributed by atoms with E-state index < -0.39 is 0 Å². The van der Waals surface area contributed by atoms with Crippen LogP contribution in [0.2, 0.25) is 0 Å². The Bertz CT molecular complexity index is 1290. The van der Waals surface area contributed by atoms with Crippen LogP contribution in [0.4, 0.5) is 5.95 Å². The molecule has 0 radical (unpaired) electrons. The van der Waals surface area contributed by atoms with Crippen molar-refractivity contribution in [2.45, 2.75) is 6.42 Å². The lowest BCUT2D eigenvalue weighted by molar-refractivity contribution is 0.414. The first-order chi connectivity index (χ1) is 14.3. The number of rotatable bonds is 6. The first-order valence-corrected chi connectivity index (χ1v) is 9.30. The molecule has 3 heterocycles. The quantitative estimate of drug-likeness (QED) is 0.466. The van der Waals surface area contributed by atoms with Gasteiger partial charge in [0.2, 0.25) is 5.95 Å². The van der Waals surface area contributed by atoms with E-state index in [2.05, 4.69) is 36.5 Å². The number of hydrogen-bond donors (Lipinski definition) is 2. The van der Waals surface area contributed by atoms with Gasteiger partial charge >= 0.3 is 0 Å². The summed E-state index contributed by atoms with van der Waals surface area (Å²) in [7, 11) is 1.67. The van der Waals surface area contributed by atoms with Crippen molar-refractivity contribution in [1.29, 1.82) is 0 Å². The topological polar surface area (TPSA) is 93.5 Å². The third kappa shape index (κ3) is 3.36. The van der Waals surface area contributed by atoms with Gasteiger partial charge < -0.3 is 10.1 Å². The first-order valence-electron chi connectivity index (χ1n) is 9.30. The number of aromatic nitrogens is 6. The molecule has 2 N–H and O–H groups in total. The normalized spacial score (nSPS) is 11.2. The largest absolute Gasteiger partial charge is 0.497 e. The van der Waals surface area contributed by atoms with E-state index >= 15 is 0 Å². The van der Waals surface area contributed by atoms with E-state index in [0.717, 1.165) is 39.9 Å². The van der Waals surface area contributed by atoms with Crippen molar-refractivity contribution >= 4 is 28.0 Å². The lowest BCUT2D eigenvalue weighted by Crippen LogP contribution is -2.08. The summed E-state index contributed by atoms with van der Waals surface area (Å²) < 4.78 is 7.22. The summed E-state index contributed by atoms with van der Waals surface area (Å²) in [5.74, 6) is 1.43. The van der Waals surface area contributed by atoms with Crippen molar-refractivity contribution < 1.29 is 4.74 Å². The van der Waals surface area contributed by atoms with Crippen LogP contribution in [0.1, 0.15) is 5.56 Å². The van der Waals surface area contributed by atoms with Crippen LogP contribution in [0.5, 0.6) is 5.75 Å². The number of fused-ring (bicyclic) bond motifs is 2. The van der Waals surface area contributed by atoms with Crippen LogP contribution >= 0.6 is 0 Å². The number of methoxy groups -OCH3 is 1. The lowest BCUT2D eigenvalue weighted by Gasteiger charge is -2.07. The minimum absolute atomic E-state index is 0.574. The molecule has 0 atom stereocenters. The molecule has 8 heteroatoms. The first kappa shape index (κ1) is 17.2. The van der Waals surface area contributed by atoms with Crippen molar-refractivity contribution in [2.75, 3.05) is 19.0 Å². The zero-order valence-electron chi connectivity index (χ0n) is 15.8. The van der Waals surface area contributed by atoms with Crippen LogP contribution in [-0.2, 0) is 6.42 Å². The van der Waals surface area contributed by atoms with Gasteiger partial charge in [-0.1, -0.05) is 12.1 Å². The second kappa shape index (κ2) is 7.23. The molecule has 29 heavy (non-hydrogen) atoms.